The number of carboxylic acid groups (broad SMARTS) is 2. The molecule has 0 heterocycles. The van der Waals surface area contributed by atoms with Gasteiger partial charge in [0, 0.05) is 19.0 Å². The summed E-state index contributed by atoms with van der Waals surface area (Å²) in [5.41, 5.74) is 2.02. The molecule has 0 radical (unpaired) electrons. The standard InChI is InChI=1S/C34H44N2O6/c37-31(38)20-21-36(23-29(25-14-6-2-7-15-25)26-16-8-3-9-17-26)33(40)30(22-24-12-4-1-5-13-24)35-32(39)27-18-10-11-19-28(27)34(41)42/h2-3,6-9,14-17,24,27-30H,1,4-5,10-13,18-23H2,(H,35,39)(H,37,38)(H,41,42). The fourth-order valence-corrected chi connectivity index (χ4v) is 6.73. The summed E-state index contributed by atoms with van der Waals surface area (Å²) in [4.78, 5) is 53.1. The highest BCUT2D eigenvalue weighted by Gasteiger charge is 2.38. The van der Waals surface area contributed by atoms with E-state index in [1.165, 1.54) is 0 Å². The van der Waals surface area contributed by atoms with Gasteiger partial charge in [0.2, 0.25) is 11.8 Å². The highest BCUT2D eigenvalue weighted by atomic mass is 16.4. The predicted molar refractivity (Wildman–Crippen MR) is 160 cm³/mol. The van der Waals surface area contributed by atoms with Crippen LogP contribution < -0.4 is 5.32 Å². The molecule has 2 aromatic rings. The second-order valence-electron chi connectivity index (χ2n) is 11.9. The van der Waals surface area contributed by atoms with E-state index in [0.29, 0.717) is 19.3 Å². The van der Waals surface area contributed by atoms with Gasteiger partial charge < -0.3 is 20.4 Å². The van der Waals surface area contributed by atoms with Crippen LogP contribution in [-0.4, -0.2) is 58.0 Å². The average Bonchev–Trinajstić information content (AvgIpc) is 3.01. The molecule has 0 aliphatic heterocycles. The molecule has 2 amide bonds. The molecular formula is C34H44N2O6. The van der Waals surface area contributed by atoms with Crippen LogP contribution in [0.1, 0.15) is 87.7 Å². The maximum atomic E-state index is 14.4. The van der Waals surface area contributed by atoms with Gasteiger partial charge in [-0.25, -0.2) is 0 Å². The van der Waals surface area contributed by atoms with Crippen molar-refractivity contribution in [1.82, 2.24) is 10.2 Å². The Kier molecular flexibility index (Phi) is 11.6. The van der Waals surface area contributed by atoms with Gasteiger partial charge in [-0.3, -0.25) is 19.2 Å². The third kappa shape index (κ3) is 8.66. The minimum atomic E-state index is -0.997. The summed E-state index contributed by atoms with van der Waals surface area (Å²) in [7, 11) is 0. The lowest BCUT2D eigenvalue weighted by atomic mass is 9.78. The molecule has 42 heavy (non-hydrogen) atoms. The molecule has 3 N–H and O–H groups in total. The second kappa shape index (κ2) is 15.5. The van der Waals surface area contributed by atoms with Gasteiger partial charge in [0.05, 0.1) is 18.3 Å². The Morgan fingerprint density at radius 2 is 1.31 bits per heavy atom. The van der Waals surface area contributed by atoms with Crippen molar-refractivity contribution >= 4 is 23.8 Å². The highest BCUT2D eigenvalue weighted by Crippen LogP contribution is 2.32. The first-order valence-electron chi connectivity index (χ1n) is 15.5. The van der Waals surface area contributed by atoms with Crippen molar-refractivity contribution < 1.29 is 29.4 Å². The first kappa shape index (κ1) is 31.3. The van der Waals surface area contributed by atoms with Crippen LogP contribution in [0.2, 0.25) is 0 Å². The summed E-state index contributed by atoms with van der Waals surface area (Å²) in [5.74, 6) is -3.99. The van der Waals surface area contributed by atoms with Crippen LogP contribution in [0.15, 0.2) is 60.7 Å². The molecule has 3 atom stereocenters. The van der Waals surface area contributed by atoms with Gasteiger partial charge in [-0.05, 0) is 36.3 Å². The second-order valence-corrected chi connectivity index (χ2v) is 11.9. The topological polar surface area (TPSA) is 124 Å². The van der Waals surface area contributed by atoms with Gasteiger partial charge in [-0.1, -0.05) is 106 Å². The lowest BCUT2D eigenvalue weighted by Gasteiger charge is -2.35. The summed E-state index contributed by atoms with van der Waals surface area (Å²) >= 11 is 0. The minimum Gasteiger partial charge on any atom is -0.481 e. The first-order chi connectivity index (χ1) is 20.3. The number of rotatable bonds is 13. The molecule has 2 aliphatic rings. The molecular weight excluding hydrogens is 532 g/mol. The number of amides is 2. The predicted octanol–water partition coefficient (Wildman–Crippen LogP) is 5.47. The molecule has 2 aliphatic carbocycles. The number of aliphatic carboxylic acids is 2. The third-order valence-electron chi connectivity index (χ3n) is 9.04. The van der Waals surface area contributed by atoms with Gasteiger partial charge in [0.15, 0.2) is 0 Å². The molecule has 2 saturated carbocycles. The van der Waals surface area contributed by atoms with Crippen molar-refractivity contribution in [3.05, 3.63) is 71.8 Å². The number of hydrogen-bond acceptors (Lipinski definition) is 4. The van der Waals surface area contributed by atoms with Crippen LogP contribution in [0.5, 0.6) is 0 Å². The minimum absolute atomic E-state index is 0.0164. The molecule has 2 fully saturated rings. The van der Waals surface area contributed by atoms with Crippen LogP contribution >= 0.6 is 0 Å². The van der Waals surface area contributed by atoms with Gasteiger partial charge in [-0.15, -0.1) is 0 Å². The zero-order valence-electron chi connectivity index (χ0n) is 24.3. The van der Waals surface area contributed by atoms with Crippen LogP contribution in [0.3, 0.4) is 0 Å². The summed E-state index contributed by atoms with van der Waals surface area (Å²) in [5, 5.41) is 22.3. The Morgan fingerprint density at radius 3 is 1.86 bits per heavy atom. The largest absolute Gasteiger partial charge is 0.481 e. The lowest BCUT2D eigenvalue weighted by molar-refractivity contribution is -0.149. The van der Waals surface area contributed by atoms with Gasteiger partial charge in [0.1, 0.15) is 6.04 Å². The Morgan fingerprint density at radius 1 is 0.762 bits per heavy atom. The van der Waals surface area contributed by atoms with Crippen LogP contribution in [0, 0.1) is 17.8 Å². The molecule has 8 heteroatoms. The van der Waals surface area contributed by atoms with Crippen molar-refractivity contribution in [3.63, 3.8) is 0 Å². The number of carbonyl (C=O) groups is 4. The fourth-order valence-electron chi connectivity index (χ4n) is 6.73. The zero-order valence-corrected chi connectivity index (χ0v) is 24.3. The normalized spacial score (nSPS) is 20.0. The van der Waals surface area contributed by atoms with Gasteiger partial charge in [0.25, 0.3) is 0 Å². The van der Waals surface area contributed by atoms with Crippen molar-refractivity contribution in [2.24, 2.45) is 17.8 Å². The Balaban J connectivity index is 1.63. The molecule has 8 nitrogen and oxygen atoms in total. The highest BCUT2D eigenvalue weighted by molar-refractivity contribution is 5.90. The molecule has 4 rings (SSSR count). The monoisotopic (exact) mass is 576 g/mol. The summed E-state index contributed by atoms with van der Waals surface area (Å²) in [6, 6.07) is 18.9. The molecule has 0 bridgehead atoms. The molecule has 0 spiro atoms. The molecule has 226 valence electrons. The number of carbonyl (C=O) groups excluding carboxylic acids is 2. The molecule has 0 saturated heterocycles. The third-order valence-corrected chi connectivity index (χ3v) is 9.04. The number of hydrogen-bond donors (Lipinski definition) is 3. The van der Waals surface area contributed by atoms with E-state index in [1.54, 1.807) is 4.90 Å². The van der Waals surface area contributed by atoms with E-state index in [0.717, 1.165) is 56.1 Å². The van der Waals surface area contributed by atoms with E-state index in [9.17, 15) is 29.4 Å². The smallest absolute Gasteiger partial charge is 0.307 e. The fraction of sp³-hybridized carbons (Fsp3) is 0.529. The van der Waals surface area contributed by atoms with E-state index < -0.39 is 29.8 Å². The Bertz CT molecular complexity index is 1140. The summed E-state index contributed by atoms with van der Waals surface area (Å²) < 4.78 is 0. The van der Waals surface area contributed by atoms with E-state index in [2.05, 4.69) is 5.32 Å². The Labute approximate surface area is 248 Å². The molecule has 2 aromatic carbocycles. The Hall–Kier alpha value is -3.68. The van der Waals surface area contributed by atoms with Crippen molar-refractivity contribution in [1.29, 1.82) is 0 Å². The lowest BCUT2D eigenvalue weighted by Crippen LogP contribution is -2.53. The van der Waals surface area contributed by atoms with E-state index in [4.69, 9.17) is 0 Å². The van der Waals surface area contributed by atoms with Crippen LogP contribution in [0.25, 0.3) is 0 Å². The first-order valence-corrected chi connectivity index (χ1v) is 15.5. The summed E-state index contributed by atoms with van der Waals surface area (Å²) in [6.07, 6.45) is 8.03. The quantitative estimate of drug-likeness (QED) is 0.291. The number of benzene rings is 2. The van der Waals surface area contributed by atoms with Gasteiger partial charge in [-0.2, -0.15) is 0 Å². The summed E-state index contributed by atoms with van der Waals surface area (Å²) in [6.45, 7) is 0.279. The maximum Gasteiger partial charge on any atom is 0.307 e. The number of nitrogens with zero attached hydrogens (tertiary/aromatic N) is 1. The SMILES string of the molecule is O=C(O)CCN(CC(c1ccccc1)c1ccccc1)C(=O)C(CC1CCCCC1)NC(=O)C1CCCCC1C(=O)O. The molecule has 0 aromatic heterocycles. The van der Waals surface area contributed by atoms with Crippen molar-refractivity contribution in [2.75, 3.05) is 13.1 Å². The maximum absolute atomic E-state index is 14.4. The van der Waals surface area contributed by atoms with E-state index >= 15 is 0 Å². The van der Waals surface area contributed by atoms with Crippen molar-refractivity contribution in [3.8, 4) is 0 Å². The average molecular weight is 577 g/mol. The van der Waals surface area contributed by atoms with Crippen molar-refractivity contribution in [2.45, 2.75) is 82.6 Å². The number of nitrogens with one attached hydrogen (secondary N) is 1. The number of carboxylic acids is 2. The van der Waals surface area contributed by atoms with E-state index in [-0.39, 0.29) is 43.2 Å². The van der Waals surface area contributed by atoms with Gasteiger partial charge >= 0.3 is 11.9 Å². The van der Waals surface area contributed by atoms with Crippen LogP contribution in [0.4, 0.5) is 0 Å². The van der Waals surface area contributed by atoms with Crippen LogP contribution in [-0.2, 0) is 19.2 Å². The molecule has 3 unspecified atom stereocenters. The zero-order chi connectivity index (χ0) is 29.9. The van der Waals surface area contributed by atoms with E-state index in [1.807, 2.05) is 60.7 Å².